The van der Waals surface area contributed by atoms with Crippen molar-refractivity contribution in [2.24, 2.45) is 11.3 Å². The minimum Gasteiger partial charge on any atom is -0.481 e. The van der Waals surface area contributed by atoms with E-state index in [1.807, 2.05) is 13.8 Å². The second kappa shape index (κ2) is 7.06. The molecule has 0 bridgehead atoms. The molecule has 1 saturated carbocycles. The van der Waals surface area contributed by atoms with Crippen molar-refractivity contribution in [2.45, 2.75) is 51.7 Å². The number of halogens is 3. The molecule has 1 aliphatic carbocycles. The summed E-state index contributed by atoms with van der Waals surface area (Å²) >= 11 is 0. The molecular weight excluding hydrogens is 335 g/mol. The molecule has 1 aliphatic rings. The summed E-state index contributed by atoms with van der Waals surface area (Å²) in [5.41, 5.74) is -1.18. The summed E-state index contributed by atoms with van der Waals surface area (Å²) in [4.78, 5) is 23.7. The number of carboxylic acids is 1. The molecular formula is C18H22F3NO3. The summed E-state index contributed by atoms with van der Waals surface area (Å²) in [7, 11) is 0. The van der Waals surface area contributed by atoms with Crippen molar-refractivity contribution in [3.63, 3.8) is 0 Å². The fourth-order valence-electron chi connectivity index (χ4n) is 3.12. The van der Waals surface area contributed by atoms with Crippen LogP contribution in [0.15, 0.2) is 24.3 Å². The molecule has 1 unspecified atom stereocenters. The van der Waals surface area contributed by atoms with Crippen LogP contribution in [0.4, 0.5) is 13.2 Å². The van der Waals surface area contributed by atoms with E-state index in [1.165, 1.54) is 12.1 Å². The maximum atomic E-state index is 12.7. The second-order valence-electron chi connectivity index (χ2n) is 7.02. The Morgan fingerprint density at radius 2 is 1.76 bits per heavy atom. The molecule has 2 N–H and O–H groups in total. The third-order valence-electron chi connectivity index (χ3n) is 4.84. The van der Waals surface area contributed by atoms with Crippen molar-refractivity contribution in [3.8, 4) is 0 Å². The molecule has 138 valence electrons. The highest BCUT2D eigenvalue weighted by Gasteiger charge is 2.46. The Balaban J connectivity index is 2.10. The Kier molecular flexibility index (Phi) is 5.44. The van der Waals surface area contributed by atoms with Crippen LogP contribution in [0.25, 0.3) is 0 Å². The highest BCUT2D eigenvalue weighted by molar-refractivity contribution is 5.85. The van der Waals surface area contributed by atoms with Crippen LogP contribution in [-0.4, -0.2) is 17.0 Å². The van der Waals surface area contributed by atoms with Gasteiger partial charge in [0, 0.05) is 6.42 Å². The van der Waals surface area contributed by atoms with Crippen molar-refractivity contribution >= 4 is 11.9 Å². The molecule has 0 aromatic heterocycles. The maximum Gasteiger partial charge on any atom is 0.416 e. The topological polar surface area (TPSA) is 66.4 Å². The lowest BCUT2D eigenvalue weighted by molar-refractivity contribution is -0.157. The third-order valence-corrected chi connectivity index (χ3v) is 4.84. The molecule has 1 aromatic carbocycles. The molecule has 2 rings (SSSR count). The molecule has 0 aliphatic heterocycles. The number of hydrogen-bond donors (Lipinski definition) is 2. The molecule has 4 nitrogen and oxygen atoms in total. The van der Waals surface area contributed by atoms with Crippen LogP contribution in [0, 0.1) is 11.3 Å². The van der Waals surface area contributed by atoms with Crippen LogP contribution in [0.3, 0.4) is 0 Å². The quantitative estimate of drug-likeness (QED) is 0.803. The lowest BCUT2D eigenvalue weighted by Gasteiger charge is -2.37. The largest absolute Gasteiger partial charge is 0.481 e. The number of aliphatic carboxylic acids is 1. The highest BCUT2D eigenvalue weighted by atomic mass is 19.4. The van der Waals surface area contributed by atoms with E-state index in [-0.39, 0.29) is 18.2 Å². The summed E-state index contributed by atoms with van der Waals surface area (Å²) < 4.78 is 38.0. The molecule has 1 aromatic rings. The molecule has 0 spiro atoms. The van der Waals surface area contributed by atoms with Gasteiger partial charge in [0.15, 0.2) is 0 Å². The van der Waals surface area contributed by atoms with Gasteiger partial charge in [0.25, 0.3) is 0 Å². The van der Waals surface area contributed by atoms with Crippen LogP contribution >= 0.6 is 0 Å². The number of carbonyl (C=O) groups excluding carboxylic acids is 1. The van der Waals surface area contributed by atoms with Crippen molar-refractivity contribution in [1.82, 2.24) is 5.32 Å². The zero-order valence-electron chi connectivity index (χ0n) is 14.2. The average molecular weight is 357 g/mol. The van der Waals surface area contributed by atoms with Crippen molar-refractivity contribution < 1.29 is 27.9 Å². The van der Waals surface area contributed by atoms with Crippen LogP contribution in [0.5, 0.6) is 0 Å². The second-order valence-corrected chi connectivity index (χ2v) is 7.02. The van der Waals surface area contributed by atoms with E-state index in [0.717, 1.165) is 18.6 Å². The van der Waals surface area contributed by atoms with Crippen LogP contribution < -0.4 is 5.32 Å². The zero-order chi connectivity index (χ0) is 18.8. The summed E-state index contributed by atoms with van der Waals surface area (Å²) in [6.07, 6.45) is -2.78. The van der Waals surface area contributed by atoms with Gasteiger partial charge in [0.2, 0.25) is 5.91 Å². The first-order valence-electron chi connectivity index (χ1n) is 8.25. The number of amides is 1. The Bertz CT molecular complexity index is 634. The van der Waals surface area contributed by atoms with Gasteiger partial charge in [-0.05, 0) is 36.5 Å². The number of benzene rings is 1. The van der Waals surface area contributed by atoms with Gasteiger partial charge in [0.05, 0.1) is 17.0 Å². The van der Waals surface area contributed by atoms with Gasteiger partial charge in [0.1, 0.15) is 0 Å². The van der Waals surface area contributed by atoms with E-state index in [1.54, 1.807) is 0 Å². The average Bonchev–Trinajstić information content (AvgIpc) is 2.47. The normalized spacial score (nSPS) is 17.7. The minimum atomic E-state index is -4.41. The molecule has 0 heterocycles. The molecule has 0 radical (unpaired) electrons. The minimum absolute atomic E-state index is 0.0529. The predicted molar refractivity (Wildman–Crippen MR) is 85.7 cm³/mol. The summed E-state index contributed by atoms with van der Waals surface area (Å²) in [5.74, 6) is -1.41. The molecule has 1 atom stereocenters. The van der Waals surface area contributed by atoms with E-state index in [4.69, 9.17) is 0 Å². The van der Waals surface area contributed by atoms with E-state index in [0.29, 0.717) is 18.4 Å². The molecule has 7 heteroatoms. The van der Waals surface area contributed by atoms with Crippen LogP contribution in [0.1, 0.15) is 56.7 Å². The maximum absolute atomic E-state index is 12.7. The van der Waals surface area contributed by atoms with Gasteiger partial charge in [-0.2, -0.15) is 13.2 Å². The number of alkyl halides is 3. The molecule has 0 saturated heterocycles. The SMILES string of the molecule is CC(C)C(NC(=O)CC1(C(=O)O)CCC1)c1ccc(C(F)(F)F)cc1. The first kappa shape index (κ1) is 19.3. The Labute approximate surface area is 144 Å². The van der Waals surface area contributed by atoms with Crippen molar-refractivity contribution in [2.75, 3.05) is 0 Å². The predicted octanol–water partition coefficient (Wildman–Crippen LogP) is 4.16. The van der Waals surface area contributed by atoms with Crippen LogP contribution in [-0.2, 0) is 15.8 Å². The Hall–Kier alpha value is -2.05. The molecule has 1 amide bonds. The highest BCUT2D eigenvalue weighted by Crippen LogP contribution is 2.44. The lowest BCUT2D eigenvalue weighted by atomic mass is 9.66. The Morgan fingerprint density at radius 3 is 2.12 bits per heavy atom. The third kappa shape index (κ3) is 4.32. The fourth-order valence-corrected chi connectivity index (χ4v) is 3.12. The van der Waals surface area contributed by atoms with Crippen molar-refractivity contribution in [3.05, 3.63) is 35.4 Å². The van der Waals surface area contributed by atoms with Gasteiger partial charge in [-0.25, -0.2) is 0 Å². The van der Waals surface area contributed by atoms with Gasteiger partial charge in [-0.3, -0.25) is 9.59 Å². The number of carboxylic acid groups (broad SMARTS) is 1. The summed E-state index contributed by atoms with van der Waals surface area (Å²) in [5, 5.41) is 12.1. The monoisotopic (exact) mass is 357 g/mol. The van der Waals surface area contributed by atoms with E-state index in [2.05, 4.69) is 5.32 Å². The van der Waals surface area contributed by atoms with Gasteiger partial charge < -0.3 is 10.4 Å². The summed E-state index contributed by atoms with van der Waals surface area (Å²) in [6.45, 7) is 3.69. The first-order valence-corrected chi connectivity index (χ1v) is 8.25. The number of carbonyl (C=O) groups is 2. The van der Waals surface area contributed by atoms with Gasteiger partial charge in [-0.15, -0.1) is 0 Å². The molecule has 1 fully saturated rings. The lowest BCUT2D eigenvalue weighted by Crippen LogP contribution is -2.43. The fraction of sp³-hybridized carbons (Fsp3) is 0.556. The van der Waals surface area contributed by atoms with E-state index < -0.39 is 29.2 Å². The smallest absolute Gasteiger partial charge is 0.416 e. The number of nitrogens with one attached hydrogen (secondary N) is 1. The standard InChI is InChI=1S/C18H22F3NO3/c1-11(2)15(12-4-6-13(7-5-12)18(19,20)21)22-14(23)10-17(16(24)25)8-3-9-17/h4-7,11,15H,3,8-10H2,1-2H3,(H,22,23)(H,24,25). The van der Waals surface area contributed by atoms with Crippen molar-refractivity contribution in [1.29, 1.82) is 0 Å². The van der Waals surface area contributed by atoms with Gasteiger partial charge >= 0.3 is 12.1 Å². The number of hydrogen-bond acceptors (Lipinski definition) is 2. The first-order chi connectivity index (χ1) is 11.5. The molecule has 25 heavy (non-hydrogen) atoms. The van der Waals surface area contributed by atoms with Crippen LogP contribution in [0.2, 0.25) is 0 Å². The van der Waals surface area contributed by atoms with E-state index >= 15 is 0 Å². The number of rotatable bonds is 6. The summed E-state index contributed by atoms with van der Waals surface area (Å²) in [6, 6.07) is 4.21. The van der Waals surface area contributed by atoms with E-state index in [9.17, 15) is 27.9 Å². The zero-order valence-corrected chi connectivity index (χ0v) is 14.2. The van der Waals surface area contributed by atoms with Gasteiger partial charge in [-0.1, -0.05) is 32.4 Å². The Morgan fingerprint density at radius 1 is 1.20 bits per heavy atom.